The summed E-state index contributed by atoms with van der Waals surface area (Å²) < 4.78 is 1.90. The first kappa shape index (κ1) is 20.3. The molecule has 0 aliphatic heterocycles. The lowest BCUT2D eigenvalue weighted by molar-refractivity contribution is 0.282. The number of nitrogen functional groups attached to an aromatic ring is 1. The van der Waals surface area contributed by atoms with E-state index in [9.17, 15) is 5.11 Å². The summed E-state index contributed by atoms with van der Waals surface area (Å²) >= 11 is 0. The van der Waals surface area contributed by atoms with Crippen molar-refractivity contribution in [3.8, 4) is 17.1 Å². The Morgan fingerprint density at radius 3 is 2.58 bits per heavy atom. The van der Waals surface area contributed by atoms with Crippen LogP contribution in [0, 0.1) is 0 Å². The maximum absolute atomic E-state index is 9.40. The third-order valence-corrected chi connectivity index (χ3v) is 4.93. The van der Waals surface area contributed by atoms with Gasteiger partial charge in [-0.3, -0.25) is 4.57 Å². The quantitative estimate of drug-likeness (QED) is 0.276. The molecule has 0 radical (unpaired) electrons. The van der Waals surface area contributed by atoms with Gasteiger partial charge in [-0.2, -0.15) is 0 Å². The van der Waals surface area contributed by atoms with Crippen LogP contribution in [0.3, 0.4) is 0 Å². The molecule has 0 amide bonds. The van der Waals surface area contributed by atoms with Crippen LogP contribution in [0.2, 0.25) is 0 Å². The number of nitrogens with two attached hydrogens (primary N) is 3. The first-order valence-electron chi connectivity index (χ1n) is 9.81. The fraction of sp³-hybridized carbons (Fsp3) is 0.136. The van der Waals surface area contributed by atoms with Crippen LogP contribution in [0.5, 0.6) is 0 Å². The second kappa shape index (κ2) is 8.42. The van der Waals surface area contributed by atoms with Crippen LogP contribution in [-0.2, 0) is 6.61 Å². The van der Waals surface area contributed by atoms with E-state index in [1.54, 1.807) is 18.5 Å². The number of benzene rings is 1. The highest BCUT2D eigenvalue weighted by Crippen LogP contribution is 2.30. The van der Waals surface area contributed by atoms with Gasteiger partial charge in [-0.25, -0.2) is 20.8 Å². The summed E-state index contributed by atoms with van der Waals surface area (Å²) in [4.78, 5) is 13.7. The van der Waals surface area contributed by atoms with Gasteiger partial charge in [0.05, 0.1) is 23.6 Å². The van der Waals surface area contributed by atoms with Crippen LogP contribution in [0.4, 0.5) is 5.82 Å². The smallest absolute Gasteiger partial charge is 0.165 e. The van der Waals surface area contributed by atoms with E-state index < -0.39 is 0 Å². The number of aliphatic hydroxyl groups is 1. The van der Waals surface area contributed by atoms with Gasteiger partial charge in [0, 0.05) is 24.6 Å². The van der Waals surface area contributed by atoms with Crippen molar-refractivity contribution in [2.45, 2.75) is 13.5 Å². The fourth-order valence-electron chi connectivity index (χ4n) is 3.24. The Labute approximate surface area is 179 Å². The van der Waals surface area contributed by atoms with Gasteiger partial charge >= 0.3 is 0 Å². The maximum atomic E-state index is 9.40. The van der Waals surface area contributed by atoms with Crippen LogP contribution in [0.1, 0.15) is 18.2 Å². The van der Waals surface area contributed by atoms with Gasteiger partial charge in [0.1, 0.15) is 11.3 Å². The van der Waals surface area contributed by atoms with Crippen molar-refractivity contribution in [3.05, 3.63) is 72.2 Å². The minimum absolute atomic E-state index is 0.0376. The molecule has 0 spiro atoms. The average Bonchev–Trinajstić information content (AvgIpc) is 3.17. The normalized spacial score (nSPS) is 11.8. The van der Waals surface area contributed by atoms with E-state index in [1.165, 1.54) is 5.01 Å². The van der Waals surface area contributed by atoms with Crippen molar-refractivity contribution in [3.63, 3.8) is 0 Å². The molecule has 9 nitrogen and oxygen atoms in total. The van der Waals surface area contributed by atoms with Crippen LogP contribution >= 0.6 is 0 Å². The van der Waals surface area contributed by atoms with Crippen LogP contribution in [0.25, 0.3) is 33.9 Å². The largest absolute Gasteiger partial charge is 0.396 e. The highest BCUT2D eigenvalue weighted by molar-refractivity contribution is 5.84. The molecular weight excluding hydrogens is 392 g/mol. The zero-order valence-electron chi connectivity index (χ0n) is 17.1. The minimum atomic E-state index is -0.0376. The number of hydrazine groups is 1. The fourth-order valence-corrected chi connectivity index (χ4v) is 3.24. The molecule has 0 fully saturated rings. The van der Waals surface area contributed by atoms with Gasteiger partial charge in [-0.1, -0.05) is 12.1 Å². The van der Waals surface area contributed by atoms with Crippen molar-refractivity contribution in [2.75, 3.05) is 12.3 Å². The molecule has 4 rings (SSSR count). The number of pyridine rings is 2. The number of hydrogen-bond donors (Lipinski definition) is 4. The number of hydrogen-bond acceptors (Lipinski definition) is 8. The Morgan fingerprint density at radius 1 is 1.13 bits per heavy atom. The van der Waals surface area contributed by atoms with E-state index >= 15 is 0 Å². The molecule has 7 N–H and O–H groups in total. The van der Waals surface area contributed by atoms with Crippen molar-refractivity contribution in [2.24, 2.45) is 11.6 Å². The van der Waals surface area contributed by atoms with Crippen molar-refractivity contribution < 1.29 is 5.11 Å². The molecule has 0 aliphatic rings. The Kier molecular flexibility index (Phi) is 5.52. The second-order valence-corrected chi connectivity index (χ2v) is 6.99. The van der Waals surface area contributed by atoms with Gasteiger partial charge in [-0.05, 0) is 48.9 Å². The molecule has 158 valence electrons. The highest BCUT2D eigenvalue weighted by Gasteiger charge is 2.18. The number of imidazole rings is 1. The van der Waals surface area contributed by atoms with Gasteiger partial charge < -0.3 is 21.6 Å². The summed E-state index contributed by atoms with van der Waals surface area (Å²) in [5, 5.41) is 10.9. The number of anilines is 1. The van der Waals surface area contributed by atoms with E-state index in [-0.39, 0.29) is 6.61 Å². The molecule has 0 bridgehead atoms. The van der Waals surface area contributed by atoms with Gasteiger partial charge in [0.25, 0.3) is 0 Å². The SMILES string of the molecule is CCN(N)/C=C(\N)c1ccc2nc(-c3cccnc3N)n(-c3ccc(CO)cc3)c2n1. The Morgan fingerprint density at radius 2 is 1.90 bits per heavy atom. The molecule has 0 unspecified atom stereocenters. The first-order valence-corrected chi connectivity index (χ1v) is 9.81. The first-order chi connectivity index (χ1) is 15.0. The van der Waals surface area contributed by atoms with Crippen LogP contribution in [-0.4, -0.2) is 36.2 Å². The molecule has 31 heavy (non-hydrogen) atoms. The third kappa shape index (κ3) is 3.91. The zero-order valence-corrected chi connectivity index (χ0v) is 17.1. The lowest BCUT2D eigenvalue weighted by atomic mass is 10.2. The van der Waals surface area contributed by atoms with E-state index in [4.69, 9.17) is 27.3 Å². The number of aromatic nitrogens is 4. The predicted octanol–water partition coefficient (Wildman–Crippen LogP) is 2.01. The van der Waals surface area contributed by atoms with E-state index in [2.05, 4.69) is 4.98 Å². The lowest BCUT2D eigenvalue weighted by Gasteiger charge is -2.12. The molecule has 3 heterocycles. The van der Waals surface area contributed by atoms with Gasteiger partial charge in [0.15, 0.2) is 11.5 Å². The molecule has 9 heteroatoms. The minimum Gasteiger partial charge on any atom is -0.396 e. The molecule has 0 saturated heterocycles. The number of aliphatic hydroxyl groups excluding tert-OH is 1. The molecule has 3 aromatic heterocycles. The van der Waals surface area contributed by atoms with Gasteiger partial charge in [0.2, 0.25) is 0 Å². The highest BCUT2D eigenvalue weighted by atomic mass is 16.3. The number of rotatable bonds is 6. The van der Waals surface area contributed by atoms with Gasteiger partial charge in [-0.15, -0.1) is 0 Å². The Hall–Kier alpha value is -3.95. The number of nitrogens with zero attached hydrogens (tertiary/aromatic N) is 5. The summed E-state index contributed by atoms with van der Waals surface area (Å²) in [6.45, 7) is 2.50. The summed E-state index contributed by atoms with van der Waals surface area (Å²) in [6, 6.07) is 14.8. The van der Waals surface area contributed by atoms with E-state index in [0.29, 0.717) is 46.3 Å². The summed E-state index contributed by atoms with van der Waals surface area (Å²) in [5.74, 6) is 6.84. The molecule has 0 atom stereocenters. The lowest BCUT2D eigenvalue weighted by Crippen LogP contribution is -2.25. The predicted molar refractivity (Wildman–Crippen MR) is 121 cm³/mol. The molecule has 0 aliphatic carbocycles. The second-order valence-electron chi connectivity index (χ2n) is 6.99. The summed E-state index contributed by atoms with van der Waals surface area (Å²) in [7, 11) is 0. The summed E-state index contributed by atoms with van der Waals surface area (Å²) in [6.07, 6.45) is 3.28. The molecule has 4 aromatic rings. The monoisotopic (exact) mass is 416 g/mol. The maximum Gasteiger partial charge on any atom is 0.165 e. The van der Waals surface area contributed by atoms with Crippen molar-refractivity contribution in [1.29, 1.82) is 0 Å². The third-order valence-electron chi connectivity index (χ3n) is 4.93. The number of fused-ring (bicyclic) bond motifs is 1. The molecule has 0 saturated carbocycles. The molecule has 1 aromatic carbocycles. The van der Waals surface area contributed by atoms with E-state index in [1.807, 2.05) is 54.0 Å². The summed E-state index contributed by atoms with van der Waals surface area (Å²) in [5.41, 5.74) is 17.0. The van der Waals surface area contributed by atoms with Crippen molar-refractivity contribution >= 4 is 22.7 Å². The van der Waals surface area contributed by atoms with Crippen molar-refractivity contribution in [1.82, 2.24) is 24.5 Å². The van der Waals surface area contributed by atoms with Crippen LogP contribution < -0.4 is 17.3 Å². The zero-order chi connectivity index (χ0) is 22.0. The Bertz CT molecular complexity index is 1250. The Balaban J connectivity index is 1.96. The average molecular weight is 416 g/mol. The molecular formula is C22H24N8O. The standard InChI is InChI=1S/C22H24N8O/c1-2-29(25)12-17(23)18-9-10-19-22(27-18)30(15-7-5-14(13-31)6-8-15)21(28-19)16-4-3-11-26-20(16)24/h3-12,31H,2,13,23,25H2,1H3,(H2,24,26)/b17-12-. The topological polar surface area (TPSA) is 145 Å². The van der Waals surface area contributed by atoms with E-state index in [0.717, 1.165) is 11.3 Å². The van der Waals surface area contributed by atoms with Crippen LogP contribution in [0.15, 0.2) is 60.9 Å².